The summed E-state index contributed by atoms with van der Waals surface area (Å²) in [5.74, 6) is 0. The molecule has 20 heavy (non-hydrogen) atoms. The van der Waals surface area contributed by atoms with E-state index < -0.39 is 0 Å². The summed E-state index contributed by atoms with van der Waals surface area (Å²) in [4.78, 5) is 2.66. The molecule has 1 aromatic carbocycles. The molecule has 1 N–H and O–H groups in total. The third-order valence-electron chi connectivity index (χ3n) is 4.36. The van der Waals surface area contributed by atoms with Gasteiger partial charge in [0, 0.05) is 6.04 Å². The van der Waals surface area contributed by atoms with Crippen LogP contribution in [0.2, 0.25) is 0 Å². The number of aryl methyl sites for hydroxylation is 1. The molecule has 0 spiro atoms. The summed E-state index contributed by atoms with van der Waals surface area (Å²) in [6.07, 6.45) is 6.83. The fourth-order valence-corrected chi connectivity index (χ4v) is 3.10. The highest BCUT2D eigenvalue weighted by atomic mass is 15.1. The van der Waals surface area contributed by atoms with Gasteiger partial charge in [-0.05, 0) is 57.9 Å². The summed E-state index contributed by atoms with van der Waals surface area (Å²) >= 11 is 0. The molecule has 1 aromatic rings. The molecule has 112 valence electrons. The molecular weight excluding hydrogens is 244 g/mol. The predicted octanol–water partition coefficient (Wildman–Crippen LogP) is 3.91. The van der Waals surface area contributed by atoms with Crippen molar-refractivity contribution in [1.29, 1.82) is 0 Å². The van der Waals surface area contributed by atoms with Gasteiger partial charge < -0.3 is 10.2 Å². The van der Waals surface area contributed by atoms with E-state index in [2.05, 4.69) is 48.3 Å². The van der Waals surface area contributed by atoms with Gasteiger partial charge in [0.2, 0.25) is 0 Å². The highest BCUT2D eigenvalue weighted by molar-refractivity contribution is 5.24. The van der Waals surface area contributed by atoms with Gasteiger partial charge in [-0.15, -0.1) is 0 Å². The van der Waals surface area contributed by atoms with Crippen molar-refractivity contribution in [2.45, 2.75) is 52.0 Å². The minimum Gasteiger partial charge on any atom is -0.310 e. The first-order valence-corrected chi connectivity index (χ1v) is 8.32. The largest absolute Gasteiger partial charge is 0.310 e. The van der Waals surface area contributed by atoms with Gasteiger partial charge in [-0.2, -0.15) is 0 Å². The quantitative estimate of drug-likeness (QED) is 0.846. The molecule has 1 atom stereocenters. The van der Waals surface area contributed by atoms with Crippen LogP contribution in [-0.4, -0.2) is 31.1 Å². The average molecular weight is 274 g/mol. The number of hydrogen-bond donors (Lipinski definition) is 1. The zero-order valence-corrected chi connectivity index (χ0v) is 13.2. The van der Waals surface area contributed by atoms with Gasteiger partial charge >= 0.3 is 0 Å². The monoisotopic (exact) mass is 274 g/mol. The second kappa shape index (κ2) is 8.43. The van der Waals surface area contributed by atoms with Crippen molar-refractivity contribution in [2.24, 2.45) is 0 Å². The van der Waals surface area contributed by atoms with Gasteiger partial charge in [0.15, 0.2) is 0 Å². The fourth-order valence-electron chi connectivity index (χ4n) is 3.10. The van der Waals surface area contributed by atoms with Gasteiger partial charge in [0.1, 0.15) is 0 Å². The summed E-state index contributed by atoms with van der Waals surface area (Å²) in [7, 11) is 0. The van der Waals surface area contributed by atoms with Crippen LogP contribution in [0.5, 0.6) is 0 Å². The molecule has 2 nitrogen and oxygen atoms in total. The second-order valence-electron chi connectivity index (χ2n) is 6.07. The first-order chi connectivity index (χ1) is 9.79. The fraction of sp³-hybridized carbons (Fsp3) is 0.667. The number of hydrogen-bond acceptors (Lipinski definition) is 2. The zero-order valence-electron chi connectivity index (χ0n) is 13.2. The summed E-state index contributed by atoms with van der Waals surface area (Å²) in [5.41, 5.74) is 2.78. The van der Waals surface area contributed by atoms with E-state index in [1.54, 1.807) is 0 Å². The van der Waals surface area contributed by atoms with Crippen molar-refractivity contribution < 1.29 is 0 Å². The molecule has 2 rings (SSSR count). The molecule has 1 fully saturated rings. The Hall–Kier alpha value is -0.860. The maximum atomic E-state index is 3.65. The number of likely N-dealkylation sites (tertiary alicyclic amines) is 1. The lowest BCUT2D eigenvalue weighted by Gasteiger charge is -2.24. The predicted molar refractivity (Wildman–Crippen MR) is 87.1 cm³/mol. The van der Waals surface area contributed by atoms with Crippen LogP contribution >= 0.6 is 0 Å². The summed E-state index contributed by atoms with van der Waals surface area (Å²) in [6.45, 7) is 9.22. The van der Waals surface area contributed by atoms with Crippen LogP contribution in [0.3, 0.4) is 0 Å². The van der Waals surface area contributed by atoms with Crippen LogP contribution in [0.15, 0.2) is 24.3 Å². The van der Waals surface area contributed by atoms with Gasteiger partial charge in [0.25, 0.3) is 0 Å². The Kier molecular flexibility index (Phi) is 6.55. The average Bonchev–Trinajstić information content (AvgIpc) is 2.73. The minimum atomic E-state index is 0.504. The van der Waals surface area contributed by atoms with Gasteiger partial charge in [-0.25, -0.2) is 0 Å². The van der Waals surface area contributed by atoms with Crippen molar-refractivity contribution in [3.05, 3.63) is 35.4 Å². The van der Waals surface area contributed by atoms with Gasteiger partial charge in [0.05, 0.1) is 0 Å². The summed E-state index contributed by atoms with van der Waals surface area (Å²) in [6, 6.07) is 9.52. The topological polar surface area (TPSA) is 15.3 Å². The Labute approximate surface area is 124 Å². The first kappa shape index (κ1) is 15.5. The molecule has 1 saturated heterocycles. The summed E-state index contributed by atoms with van der Waals surface area (Å²) in [5, 5.41) is 3.65. The van der Waals surface area contributed by atoms with E-state index in [0.717, 1.165) is 6.54 Å². The molecule has 0 bridgehead atoms. The van der Waals surface area contributed by atoms with Crippen LogP contribution in [0.1, 0.15) is 56.2 Å². The molecule has 1 aliphatic rings. The lowest BCUT2D eigenvalue weighted by atomic mass is 10.0. The van der Waals surface area contributed by atoms with E-state index in [1.165, 1.54) is 62.9 Å². The van der Waals surface area contributed by atoms with Gasteiger partial charge in [-0.3, -0.25) is 0 Å². The van der Waals surface area contributed by atoms with E-state index in [9.17, 15) is 0 Å². The molecule has 0 saturated carbocycles. The van der Waals surface area contributed by atoms with Crippen LogP contribution in [0.25, 0.3) is 0 Å². The SMILES string of the molecule is CCNC(CCN1CCCCCC1)c1ccc(C)cc1. The van der Waals surface area contributed by atoms with Crippen molar-refractivity contribution in [2.75, 3.05) is 26.2 Å². The maximum Gasteiger partial charge on any atom is 0.0332 e. The first-order valence-electron chi connectivity index (χ1n) is 8.32. The minimum absolute atomic E-state index is 0.504. The highest BCUT2D eigenvalue weighted by Crippen LogP contribution is 2.19. The van der Waals surface area contributed by atoms with E-state index in [4.69, 9.17) is 0 Å². The van der Waals surface area contributed by atoms with Crippen LogP contribution < -0.4 is 5.32 Å². The van der Waals surface area contributed by atoms with E-state index in [1.807, 2.05) is 0 Å². The smallest absolute Gasteiger partial charge is 0.0332 e. The Balaban J connectivity index is 1.89. The molecule has 0 aromatic heterocycles. The Morgan fingerprint density at radius 1 is 1.05 bits per heavy atom. The summed E-state index contributed by atoms with van der Waals surface area (Å²) < 4.78 is 0. The zero-order chi connectivity index (χ0) is 14.2. The standard InChI is InChI=1S/C18H30N2/c1-3-19-18(17-10-8-16(2)9-11-17)12-15-20-13-6-4-5-7-14-20/h8-11,18-19H,3-7,12-15H2,1-2H3. The third-order valence-corrected chi connectivity index (χ3v) is 4.36. The van der Waals surface area contributed by atoms with Crippen LogP contribution in [0.4, 0.5) is 0 Å². The third kappa shape index (κ3) is 4.92. The van der Waals surface area contributed by atoms with Gasteiger partial charge in [-0.1, -0.05) is 49.6 Å². The Morgan fingerprint density at radius 3 is 2.30 bits per heavy atom. The lowest BCUT2D eigenvalue weighted by Crippen LogP contribution is -2.30. The Bertz CT molecular complexity index is 364. The second-order valence-corrected chi connectivity index (χ2v) is 6.07. The van der Waals surface area contributed by atoms with Crippen molar-refractivity contribution in [1.82, 2.24) is 10.2 Å². The molecule has 1 unspecified atom stereocenters. The van der Waals surface area contributed by atoms with E-state index in [-0.39, 0.29) is 0 Å². The molecule has 0 aliphatic carbocycles. The Morgan fingerprint density at radius 2 is 1.70 bits per heavy atom. The molecule has 0 amide bonds. The molecule has 2 heteroatoms. The lowest BCUT2D eigenvalue weighted by molar-refractivity contribution is 0.266. The number of benzene rings is 1. The van der Waals surface area contributed by atoms with Crippen molar-refractivity contribution >= 4 is 0 Å². The van der Waals surface area contributed by atoms with Crippen LogP contribution in [-0.2, 0) is 0 Å². The molecule has 1 heterocycles. The highest BCUT2D eigenvalue weighted by Gasteiger charge is 2.14. The van der Waals surface area contributed by atoms with Crippen molar-refractivity contribution in [3.8, 4) is 0 Å². The maximum absolute atomic E-state index is 3.65. The van der Waals surface area contributed by atoms with E-state index >= 15 is 0 Å². The normalized spacial score (nSPS) is 18.7. The number of rotatable bonds is 6. The molecule has 0 radical (unpaired) electrons. The van der Waals surface area contributed by atoms with E-state index in [0.29, 0.717) is 6.04 Å². The number of nitrogens with one attached hydrogen (secondary N) is 1. The number of nitrogens with zero attached hydrogens (tertiary/aromatic N) is 1. The van der Waals surface area contributed by atoms with Crippen LogP contribution in [0, 0.1) is 6.92 Å². The molecular formula is C18H30N2. The van der Waals surface area contributed by atoms with Crippen molar-refractivity contribution in [3.63, 3.8) is 0 Å². The molecule has 1 aliphatic heterocycles.